The van der Waals surface area contributed by atoms with Crippen LogP contribution in [0.15, 0.2) is 0 Å². The summed E-state index contributed by atoms with van der Waals surface area (Å²) in [5.41, 5.74) is 4.86. The molecule has 0 aromatic rings. The van der Waals surface area contributed by atoms with Crippen LogP contribution in [0.3, 0.4) is 0 Å². The zero-order valence-electron chi connectivity index (χ0n) is 16.8. The molecule has 7 nitrogen and oxygen atoms in total. The molecule has 4 unspecified atom stereocenters. The second-order valence-electron chi connectivity index (χ2n) is 9.49. The fraction of sp³-hybridized carbons (Fsp3) is 0.842. The van der Waals surface area contributed by atoms with Crippen molar-refractivity contribution in [3.05, 3.63) is 0 Å². The highest BCUT2D eigenvalue weighted by molar-refractivity contribution is 6.09. The van der Waals surface area contributed by atoms with E-state index in [0.29, 0.717) is 37.8 Å². The Hall–Kier alpha value is -1.34. The zero-order chi connectivity index (χ0) is 19.3. The number of hydrogen-bond donors (Lipinski definition) is 2. The van der Waals surface area contributed by atoms with Crippen LogP contribution in [0.5, 0.6) is 0 Å². The molecule has 0 aromatic carbocycles. The van der Waals surface area contributed by atoms with Crippen LogP contribution >= 0.6 is 12.4 Å². The first-order chi connectivity index (χ1) is 12.1. The Kier molecular flexibility index (Phi) is 6.17. The van der Waals surface area contributed by atoms with E-state index in [4.69, 9.17) is 5.73 Å². The summed E-state index contributed by atoms with van der Waals surface area (Å²) in [6, 6.07) is -0.338. The van der Waals surface area contributed by atoms with Gasteiger partial charge in [0.2, 0.25) is 5.91 Å². The zero-order valence-corrected chi connectivity index (χ0v) is 17.6. The minimum absolute atomic E-state index is 0. The smallest absolute Gasteiger partial charge is 0.325 e. The van der Waals surface area contributed by atoms with Gasteiger partial charge in [-0.25, -0.2) is 4.79 Å². The number of nitrogens with zero attached hydrogens (tertiary/aromatic N) is 2. The number of rotatable bonds is 3. The first kappa shape index (κ1) is 22.0. The van der Waals surface area contributed by atoms with Gasteiger partial charge in [0.05, 0.1) is 0 Å². The highest BCUT2D eigenvalue weighted by Crippen LogP contribution is 2.46. The minimum Gasteiger partial charge on any atom is -0.338 e. The van der Waals surface area contributed by atoms with Crippen molar-refractivity contribution in [1.82, 2.24) is 15.1 Å². The Morgan fingerprint density at radius 2 is 1.93 bits per heavy atom. The van der Waals surface area contributed by atoms with Crippen LogP contribution in [-0.2, 0) is 9.59 Å². The van der Waals surface area contributed by atoms with Crippen molar-refractivity contribution in [3.8, 4) is 0 Å². The predicted molar refractivity (Wildman–Crippen MR) is 105 cm³/mol. The maximum absolute atomic E-state index is 13.1. The second-order valence-corrected chi connectivity index (χ2v) is 9.49. The van der Waals surface area contributed by atoms with E-state index in [9.17, 15) is 14.4 Å². The number of amides is 4. The number of nitrogens with one attached hydrogen (secondary N) is 1. The first-order valence-electron chi connectivity index (χ1n) is 9.70. The Labute approximate surface area is 167 Å². The van der Waals surface area contributed by atoms with E-state index in [-0.39, 0.29) is 42.2 Å². The van der Waals surface area contributed by atoms with Crippen molar-refractivity contribution in [2.24, 2.45) is 23.0 Å². The number of imide groups is 1. The lowest BCUT2D eigenvalue weighted by atomic mass is 9.64. The molecule has 4 atom stereocenters. The third-order valence-corrected chi connectivity index (χ3v) is 6.23. The average Bonchev–Trinajstić information content (AvgIpc) is 2.98. The van der Waals surface area contributed by atoms with Gasteiger partial charge in [-0.1, -0.05) is 20.8 Å². The van der Waals surface area contributed by atoms with Crippen molar-refractivity contribution in [3.63, 3.8) is 0 Å². The summed E-state index contributed by atoms with van der Waals surface area (Å²) in [5, 5.41) is 2.93. The molecule has 0 bridgehead atoms. The van der Waals surface area contributed by atoms with Crippen molar-refractivity contribution in [2.45, 2.75) is 65.0 Å². The van der Waals surface area contributed by atoms with Crippen LogP contribution in [0.1, 0.15) is 53.4 Å². The number of carbonyl (C=O) groups is 3. The van der Waals surface area contributed by atoms with E-state index >= 15 is 0 Å². The van der Waals surface area contributed by atoms with E-state index < -0.39 is 11.6 Å². The molecule has 27 heavy (non-hydrogen) atoms. The molecule has 1 spiro atoms. The Morgan fingerprint density at radius 3 is 2.48 bits per heavy atom. The fourth-order valence-corrected chi connectivity index (χ4v) is 5.54. The molecule has 0 aromatic heterocycles. The Morgan fingerprint density at radius 1 is 1.26 bits per heavy atom. The Balaban J connectivity index is 0.00000261. The van der Waals surface area contributed by atoms with Gasteiger partial charge < -0.3 is 16.0 Å². The minimum atomic E-state index is -0.852. The SMILES string of the molecule is CC1CC(C)(C)CC2(C1)NC(=O)N(CC(=O)N1CC(CN)CC1C)C2=O.Cl. The molecule has 1 aliphatic carbocycles. The summed E-state index contributed by atoms with van der Waals surface area (Å²) in [5.74, 6) is 0.237. The van der Waals surface area contributed by atoms with Crippen LogP contribution < -0.4 is 11.1 Å². The van der Waals surface area contributed by atoms with Crippen LogP contribution in [0.2, 0.25) is 0 Å². The van der Waals surface area contributed by atoms with Gasteiger partial charge in [-0.3, -0.25) is 14.5 Å². The molecule has 2 aliphatic heterocycles. The van der Waals surface area contributed by atoms with Crippen LogP contribution in [0.25, 0.3) is 0 Å². The summed E-state index contributed by atoms with van der Waals surface area (Å²) >= 11 is 0. The van der Waals surface area contributed by atoms with E-state index in [2.05, 4.69) is 26.1 Å². The maximum atomic E-state index is 13.1. The lowest BCUT2D eigenvalue weighted by Crippen LogP contribution is -2.54. The lowest BCUT2D eigenvalue weighted by Gasteiger charge is -2.43. The molecule has 8 heteroatoms. The summed E-state index contributed by atoms with van der Waals surface area (Å²) in [6.45, 7) is 9.36. The number of likely N-dealkylation sites (tertiary alicyclic amines) is 1. The van der Waals surface area contributed by atoms with Crippen LogP contribution in [0, 0.1) is 17.3 Å². The topological polar surface area (TPSA) is 95.7 Å². The van der Waals surface area contributed by atoms with Gasteiger partial charge in [0.25, 0.3) is 5.91 Å². The fourth-order valence-electron chi connectivity index (χ4n) is 5.54. The van der Waals surface area contributed by atoms with Crippen molar-refractivity contribution >= 4 is 30.3 Å². The quantitative estimate of drug-likeness (QED) is 0.705. The second kappa shape index (κ2) is 7.59. The van der Waals surface area contributed by atoms with E-state index in [1.165, 1.54) is 0 Å². The number of hydrogen-bond acceptors (Lipinski definition) is 4. The molecule has 0 radical (unpaired) electrons. The van der Waals surface area contributed by atoms with E-state index in [0.717, 1.165) is 17.7 Å². The molecule has 1 saturated carbocycles. The van der Waals surface area contributed by atoms with Gasteiger partial charge >= 0.3 is 6.03 Å². The third-order valence-electron chi connectivity index (χ3n) is 6.23. The van der Waals surface area contributed by atoms with Gasteiger partial charge in [0.1, 0.15) is 12.1 Å². The normalized spacial score (nSPS) is 35.4. The predicted octanol–water partition coefficient (Wildman–Crippen LogP) is 1.74. The molecule has 3 N–H and O–H groups in total. The molecule has 3 fully saturated rings. The molecule has 154 valence electrons. The highest BCUT2D eigenvalue weighted by atomic mass is 35.5. The molecule has 3 aliphatic rings. The molecule has 3 rings (SSSR count). The largest absolute Gasteiger partial charge is 0.338 e. The highest BCUT2D eigenvalue weighted by Gasteiger charge is 2.56. The average molecular weight is 401 g/mol. The summed E-state index contributed by atoms with van der Waals surface area (Å²) < 4.78 is 0. The van der Waals surface area contributed by atoms with Gasteiger partial charge in [-0.05, 0) is 56.4 Å². The molecular weight excluding hydrogens is 368 g/mol. The molecule has 2 heterocycles. The third kappa shape index (κ3) is 4.09. The summed E-state index contributed by atoms with van der Waals surface area (Å²) in [4.78, 5) is 41.3. The molecule has 2 saturated heterocycles. The monoisotopic (exact) mass is 400 g/mol. The maximum Gasteiger partial charge on any atom is 0.325 e. The number of urea groups is 1. The van der Waals surface area contributed by atoms with Crippen LogP contribution in [0.4, 0.5) is 4.79 Å². The molecular formula is C19H33ClN4O3. The van der Waals surface area contributed by atoms with Gasteiger partial charge in [0.15, 0.2) is 0 Å². The van der Waals surface area contributed by atoms with Gasteiger partial charge in [-0.2, -0.15) is 0 Å². The number of nitrogens with two attached hydrogens (primary N) is 1. The van der Waals surface area contributed by atoms with E-state index in [1.54, 1.807) is 4.90 Å². The van der Waals surface area contributed by atoms with Crippen LogP contribution in [-0.4, -0.2) is 58.9 Å². The standard InChI is InChI=1S/C19H32N4O3.ClH/c1-12-6-18(3,4)11-19(7-12)16(25)23(17(26)21-19)10-15(24)22-9-14(8-20)5-13(22)2;/h12-14H,5-11,20H2,1-4H3,(H,21,26);1H. The Bertz CT molecular complexity index is 626. The van der Waals surface area contributed by atoms with Crippen molar-refractivity contribution in [2.75, 3.05) is 19.6 Å². The summed E-state index contributed by atoms with van der Waals surface area (Å²) in [7, 11) is 0. The lowest BCUT2D eigenvalue weighted by molar-refractivity contribution is -0.141. The number of halogens is 1. The van der Waals surface area contributed by atoms with Gasteiger partial charge in [-0.15, -0.1) is 12.4 Å². The summed E-state index contributed by atoms with van der Waals surface area (Å²) in [6.07, 6.45) is 3.16. The first-order valence-corrected chi connectivity index (χ1v) is 9.70. The number of carbonyl (C=O) groups excluding carboxylic acids is 3. The van der Waals surface area contributed by atoms with Gasteiger partial charge in [0, 0.05) is 12.6 Å². The van der Waals surface area contributed by atoms with E-state index in [1.807, 2.05) is 6.92 Å². The van der Waals surface area contributed by atoms with Crippen molar-refractivity contribution < 1.29 is 14.4 Å². The van der Waals surface area contributed by atoms with Crippen molar-refractivity contribution in [1.29, 1.82) is 0 Å². The molecule has 4 amide bonds.